The van der Waals surface area contributed by atoms with E-state index in [-0.39, 0.29) is 11.7 Å². The van der Waals surface area contributed by atoms with Crippen LogP contribution in [0.2, 0.25) is 0 Å². The number of ether oxygens (including phenoxy) is 1. The number of nitrogens with zero attached hydrogens (tertiary/aromatic N) is 2. The van der Waals surface area contributed by atoms with E-state index in [0.717, 1.165) is 35.0 Å². The van der Waals surface area contributed by atoms with Gasteiger partial charge in [0.25, 0.3) is 5.56 Å². The van der Waals surface area contributed by atoms with Crippen molar-refractivity contribution >= 4 is 32.9 Å². The predicted octanol–water partition coefficient (Wildman–Crippen LogP) is 3.34. The number of hydrogen-bond donors (Lipinski definition) is 2. The molecule has 0 bridgehead atoms. The largest absolute Gasteiger partial charge is 0.376 e. The number of halogens is 1. The third-order valence-corrected chi connectivity index (χ3v) is 4.81. The van der Waals surface area contributed by atoms with Gasteiger partial charge < -0.3 is 10.1 Å². The van der Waals surface area contributed by atoms with E-state index in [1.54, 1.807) is 6.20 Å². The molecule has 0 saturated carbocycles. The Morgan fingerprint density at radius 3 is 2.88 bits per heavy atom. The van der Waals surface area contributed by atoms with E-state index < -0.39 is 0 Å². The fraction of sp³-hybridized carbons (Fsp3) is 0.278. The Morgan fingerprint density at radius 1 is 1.28 bits per heavy atom. The zero-order valence-corrected chi connectivity index (χ0v) is 15.0. The molecule has 7 heteroatoms. The number of hydrogen-bond acceptors (Lipinski definition) is 5. The zero-order valence-electron chi connectivity index (χ0n) is 13.5. The molecule has 1 saturated heterocycles. The van der Waals surface area contributed by atoms with Crippen LogP contribution in [0, 0.1) is 0 Å². The minimum absolute atomic E-state index is 0.169. The van der Waals surface area contributed by atoms with Crippen molar-refractivity contribution in [1.82, 2.24) is 15.0 Å². The SMILES string of the molecule is O=c1[nH]c(NCC2CCCO2)nc2nccc(-c3ccc(Br)cc3)c12. The van der Waals surface area contributed by atoms with Crippen molar-refractivity contribution in [2.24, 2.45) is 0 Å². The van der Waals surface area contributed by atoms with Gasteiger partial charge in [0.2, 0.25) is 5.95 Å². The highest BCUT2D eigenvalue weighted by molar-refractivity contribution is 9.10. The summed E-state index contributed by atoms with van der Waals surface area (Å²) in [4.78, 5) is 24.2. The average Bonchev–Trinajstić information content (AvgIpc) is 3.14. The van der Waals surface area contributed by atoms with Gasteiger partial charge in [-0.25, -0.2) is 4.98 Å². The molecule has 1 fully saturated rings. The van der Waals surface area contributed by atoms with Crippen molar-refractivity contribution in [3.8, 4) is 11.1 Å². The zero-order chi connectivity index (χ0) is 17.2. The van der Waals surface area contributed by atoms with Crippen molar-refractivity contribution in [3.05, 3.63) is 51.4 Å². The molecule has 1 atom stereocenters. The Kier molecular flexibility index (Phi) is 4.50. The lowest BCUT2D eigenvalue weighted by atomic mass is 10.0. The summed E-state index contributed by atoms with van der Waals surface area (Å²) in [5, 5.41) is 3.64. The molecule has 128 valence electrons. The molecule has 0 radical (unpaired) electrons. The first-order valence-electron chi connectivity index (χ1n) is 8.21. The monoisotopic (exact) mass is 400 g/mol. The average molecular weight is 401 g/mol. The third-order valence-electron chi connectivity index (χ3n) is 4.28. The molecule has 0 amide bonds. The maximum absolute atomic E-state index is 12.6. The van der Waals surface area contributed by atoms with Crippen LogP contribution >= 0.6 is 15.9 Å². The first-order valence-corrected chi connectivity index (χ1v) is 9.00. The van der Waals surface area contributed by atoms with Gasteiger partial charge >= 0.3 is 0 Å². The summed E-state index contributed by atoms with van der Waals surface area (Å²) < 4.78 is 6.57. The lowest BCUT2D eigenvalue weighted by Crippen LogP contribution is -2.22. The quantitative estimate of drug-likeness (QED) is 0.701. The van der Waals surface area contributed by atoms with Gasteiger partial charge in [-0.05, 0) is 42.2 Å². The highest BCUT2D eigenvalue weighted by Crippen LogP contribution is 2.26. The first-order chi connectivity index (χ1) is 12.2. The van der Waals surface area contributed by atoms with E-state index in [9.17, 15) is 4.79 Å². The molecule has 0 aliphatic carbocycles. The van der Waals surface area contributed by atoms with Gasteiger partial charge in [-0.1, -0.05) is 28.1 Å². The molecule has 3 heterocycles. The lowest BCUT2D eigenvalue weighted by Gasteiger charge is -2.12. The van der Waals surface area contributed by atoms with Crippen LogP contribution in [0.25, 0.3) is 22.2 Å². The summed E-state index contributed by atoms with van der Waals surface area (Å²) >= 11 is 3.43. The van der Waals surface area contributed by atoms with Gasteiger partial charge in [-0.2, -0.15) is 4.98 Å². The third kappa shape index (κ3) is 3.43. The van der Waals surface area contributed by atoms with Crippen LogP contribution in [0.15, 0.2) is 45.8 Å². The van der Waals surface area contributed by atoms with E-state index in [0.29, 0.717) is 23.5 Å². The maximum Gasteiger partial charge on any atom is 0.262 e. The molecular formula is C18H17BrN4O2. The molecule has 0 spiro atoms. The summed E-state index contributed by atoms with van der Waals surface area (Å²) in [7, 11) is 0. The molecular weight excluding hydrogens is 384 g/mol. The molecule has 1 aromatic carbocycles. The van der Waals surface area contributed by atoms with Crippen LogP contribution in [0.4, 0.5) is 5.95 Å². The predicted molar refractivity (Wildman–Crippen MR) is 101 cm³/mol. The van der Waals surface area contributed by atoms with Crippen LogP contribution in [-0.4, -0.2) is 34.2 Å². The van der Waals surface area contributed by atoms with E-state index >= 15 is 0 Å². The number of aromatic nitrogens is 3. The first kappa shape index (κ1) is 16.2. The molecule has 25 heavy (non-hydrogen) atoms. The van der Waals surface area contributed by atoms with Crippen molar-refractivity contribution in [1.29, 1.82) is 0 Å². The number of H-pyrrole nitrogens is 1. The van der Waals surface area contributed by atoms with Gasteiger partial charge in [-0.15, -0.1) is 0 Å². The molecule has 4 rings (SSSR count). The van der Waals surface area contributed by atoms with Gasteiger partial charge in [0, 0.05) is 23.8 Å². The van der Waals surface area contributed by atoms with E-state index in [1.165, 1.54) is 0 Å². The molecule has 6 nitrogen and oxygen atoms in total. The Balaban J connectivity index is 1.70. The molecule has 1 aliphatic heterocycles. The number of fused-ring (bicyclic) bond motifs is 1. The smallest absolute Gasteiger partial charge is 0.262 e. The Bertz CT molecular complexity index is 949. The Hall–Kier alpha value is -2.25. The summed E-state index contributed by atoms with van der Waals surface area (Å²) in [6.07, 6.45) is 3.95. The molecule has 1 unspecified atom stereocenters. The number of nitrogens with one attached hydrogen (secondary N) is 2. The summed E-state index contributed by atoms with van der Waals surface area (Å²) in [5.41, 5.74) is 1.99. The van der Waals surface area contributed by atoms with Crippen molar-refractivity contribution in [2.45, 2.75) is 18.9 Å². The minimum Gasteiger partial charge on any atom is -0.376 e. The molecule has 3 aromatic rings. The van der Waals surface area contributed by atoms with Gasteiger partial charge in [-0.3, -0.25) is 9.78 Å². The van der Waals surface area contributed by atoms with Crippen LogP contribution in [0.1, 0.15) is 12.8 Å². The second kappa shape index (κ2) is 6.93. The number of pyridine rings is 1. The van der Waals surface area contributed by atoms with E-state index in [2.05, 4.69) is 36.2 Å². The molecule has 2 aromatic heterocycles. The Labute approximate surface area is 152 Å². The second-order valence-electron chi connectivity index (χ2n) is 5.99. The highest BCUT2D eigenvalue weighted by Gasteiger charge is 2.16. The summed E-state index contributed by atoms with van der Waals surface area (Å²) in [6.45, 7) is 1.42. The van der Waals surface area contributed by atoms with Gasteiger partial charge in [0.1, 0.15) is 0 Å². The van der Waals surface area contributed by atoms with Crippen molar-refractivity contribution in [2.75, 3.05) is 18.5 Å². The fourth-order valence-corrected chi connectivity index (χ4v) is 3.30. The number of anilines is 1. The van der Waals surface area contributed by atoms with Gasteiger partial charge in [0.15, 0.2) is 5.65 Å². The van der Waals surface area contributed by atoms with Crippen molar-refractivity contribution in [3.63, 3.8) is 0 Å². The summed E-state index contributed by atoms with van der Waals surface area (Å²) in [5.74, 6) is 0.424. The van der Waals surface area contributed by atoms with E-state index in [1.807, 2.05) is 30.3 Å². The van der Waals surface area contributed by atoms with Crippen molar-refractivity contribution < 1.29 is 4.74 Å². The maximum atomic E-state index is 12.6. The summed E-state index contributed by atoms with van der Waals surface area (Å²) in [6, 6.07) is 9.65. The van der Waals surface area contributed by atoms with Crippen LogP contribution in [0.5, 0.6) is 0 Å². The van der Waals surface area contributed by atoms with Crippen LogP contribution in [-0.2, 0) is 4.74 Å². The lowest BCUT2D eigenvalue weighted by molar-refractivity contribution is 0.120. The molecule has 1 aliphatic rings. The minimum atomic E-state index is -0.203. The number of rotatable bonds is 4. The molecule has 2 N–H and O–H groups in total. The number of benzene rings is 1. The van der Waals surface area contributed by atoms with E-state index in [4.69, 9.17) is 4.74 Å². The fourth-order valence-electron chi connectivity index (χ4n) is 3.03. The van der Waals surface area contributed by atoms with Gasteiger partial charge in [0.05, 0.1) is 11.5 Å². The normalized spacial score (nSPS) is 17.1. The Morgan fingerprint density at radius 2 is 2.12 bits per heavy atom. The number of aromatic amines is 1. The second-order valence-corrected chi connectivity index (χ2v) is 6.91. The van der Waals surface area contributed by atoms with Crippen LogP contribution < -0.4 is 10.9 Å². The van der Waals surface area contributed by atoms with Crippen LogP contribution in [0.3, 0.4) is 0 Å². The topological polar surface area (TPSA) is 79.9 Å². The standard InChI is InChI=1S/C18H17BrN4O2/c19-12-5-3-11(4-6-12)14-7-8-20-16-15(14)17(24)23-18(22-16)21-10-13-2-1-9-25-13/h3-8,13H,1-2,9-10H2,(H2,20,21,22,23,24). The highest BCUT2D eigenvalue weighted by atomic mass is 79.9.